The molecule has 1 aliphatic rings. The normalized spacial score (nSPS) is 13.7. The molecule has 3 aromatic carbocycles. The second kappa shape index (κ2) is 14.5. The number of aliphatic hydroxyl groups is 1. The maximum absolute atomic E-state index is 11.7. The number of aromatic nitrogens is 1. The van der Waals surface area contributed by atoms with Crippen molar-refractivity contribution in [3.8, 4) is 11.3 Å². The molecule has 0 spiro atoms. The predicted octanol–water partition coefficient (Wildman–Crippen LogP) is 11.8. The zero-order valence-electron chi connectivity index (χ0n) is 29.7. The molecule has 0 atom stereocenters. The molecule has 0 amide bonds. The molecule has 47 heavy (non-hydrogen) atoms. The number of rotatable bonds is 8. The Hall–Kier alpha value is -3.27. The van der Waals surface area contributed by atoms with Crippen molar-refractivity contribution in [2.75, 3.05) is 0 Å². The number of hydrogen-bond acceptors (Lipinski definition) is 4. The van der Waals surface area contributed by atoms with Crippen LogP contribution >= 0.6 is 0 Å². The van der Waals surface area contributed by atoms with Crippen molar-refractivity contribution in [2.45, 2.75) is 106 Å². The summed E-state index contributed by atoms with van der Waals surface area (Å²) in [6.45, 7) is 21.4. The molecular weight excluding hydrogens is 759 g/mol. The summed E-state index contributed by atoms with van der Waals surface area (Å²) in [7, 11) is 0. The predicted molar refractivity (Wildman–Crippen MR) is 193 cm³/mol. The fourth-order valence-electron chi connectivity index (χ4n) is 7.31. The molecule has 0 unspecified atom stereocenters. The van der Waals surface area contributed by atoms with Gasteiger partial charge in [0, 0.05) is 66.2 Å². The maximum Gasteiger partial charge on any atom is 0.162 e. The Balaban J connectivity index is 0.000000269. The smallest absolute Gasteiger partial charge is 0.162 e. The van der Waals surface area contributed by atoms with Gasteiger partial charge in [-0.1, -0.05) is 102 Å². The van der Waals surface area contributed by atoms with Gasteiger partial charge in [-0.3, -0.25) is 4.79 Å². The summed E-state index contributed by atoms with van der Waals surface area (Å²) >= 11 is 0. The molecule has 2 heterocycles. The first-order valence-electron chi connectivity index (χ1n) is 17.1. The summed E-state index contributed by atoms with van der Waals surface area (Å²) in [6.07, 6.45) is 6.85. The summed E-state index contributed by atoms with van der Waals surface area (Å²) in [5.74, 6) is 0.932. The fourth-order valence-corrected chi connectivity index (χ4v) is 7.31. The van der Waals surface area contributed by atoms with Gasteiger partial charge >= 0.3 is 0 Å². The van der Waals surface area contributed by atoms with Gasteiger partial charge in [-0.25, -0.2) is 0 Å². The van der Waals surface area contributed by atoms with E-state index in [2.05, 4.69) is 84.0 Å². The Bertz CT molecular complexity index is 1950. The second-order valence-corrected chi connectivity index (χ2v) is 13.9. The van der Waals surface area contributed by atoms with E-state index in [0.717, 1.165) is 59.1 Å². The van der Waals surface area contributed by atoms with Crippen LogP contribution in [0.4, 0.5) is 0 Å². The molecule has 5 heteroatoms. The van der Waals surface area contributed by atoms with E-state index in [1.165, 1.54) is 44.5 Å². The standard InChI is InChI=1S/C29H26NO.C13H24O2.Ir/c1-15(2)19-11-12-22-23-24-26(30-14-17(4)27(24)31-28(19)23)21-10-8-18-13-16(3)7-9-20(18)25(21)29(22,5)6;1-5-10(6-2)12(14)9-13(15)11(7-3)8-4;/h7-9,11-15H,1-6H3;9-11,14H,5-8H2,1-4H3;/q-1;;/b;12-9-;. The van der Waals surface area contributed by atoms with Crippen LogP contribution in [0.25, 0.3) is 44.0 Å². The van der Waals surface area contributed by atoms with E-state index < -0.39 is 0 Å². The quantitative estimate of drug-likeness (QED) is 0.0963. The van der Waals surface area contributed by atoms with Gasteiger partial charge in [-0.05, 0) is 62.0 Å². The van der Waals surface area contributed by atoms with E-state index in [4.69, 9.17) is 9.40 Å². The first-order chi connectivity index (χ1) is 21.9. The number of aliphatic hydroxyl groups excluding tert-OH is 1. The molecule has 0 aliphatic heterocycles. The van der Waals surface area contributed by atoms with Crippen molar-refractivity contribution in [3.63, 3.8) is 0 Å². The van der Waals surface area contributed by atoms with Crippen LogP contribution in [-0.2, 0) is 30.3 Å². The molecule has 0 saturated heterocycles. The van der Waals surface area contributed by atoms with E-state index in [1.807, 2.05) is 33.9 Å². The van der Waals surface area contributed by atoms with Gasteiger partial charge in [-0.15, -0.1) is 23.3 Å². The van der Waals surface area contributed by atoms with Crippen LogP contribution in [0, 0.1) is 31.7 Å². The monoisotopic (exact) mass is 809 g/mol. The molecular formula is C42H50IrNO3-. The minimum atomic E-state index is -0.222. The Labute approximate surface area is 294 Å². The minimum absolute atomic E-state index is 0. The van der Waals surface area contributed by atoms with Crippen molar-refractivity contribution in [1.29, 1.82) is 0 Å². The van der Waals surface area contributed by atoms with E-state index >= 15 is 0 Å². The molecule has 0 fully saturated rings. The molecule has 1 radical (unpaired) electrons. The van der Waals surface area contributed by atoms with Crippen LogP contribution in [0.15, 0.2) is 58.8 Å². The maximum atomic E-state index is 11.7. The first-order valence-corrected chi connectivity index (χ1v) is 17.1. The van der Waals surface area contributed by atoms with Crippen LogP contribution in [-0.4, -0.2) is 15.9 Å². The van der Waals surface area contributed by atoms with Gasteiger partial charge in [0.1, 0.15) is 11.2 Å². The third kappa shape index (κ3) is 6.46. The van der Waals surface area contributed by atoms with Gasteiger partial charge in [0.15, 0.2) is 5.78 Å². The average Bonchev–Trinajstić information content (AvgIpc) is 3.39. The fraction of sp³-hybridized carbons (Fsp3) is 0.429. The van der Waals surface area contributed by atoms with E-state index in [1.54, 1.807) is 0 Å². The van der Waals surface area contributed by atoms with Crippen molar-refractivity contribution < 1.29 is 34.4 Å². The number of hydrogen-bond donors (Lipinski definition) is 1. The van der Waals surface area contributed by atoms with Crippen molar-refractivity contribution in [2.24, 2.45) is 11.8 Å². The summed E-state index contributed by atoms with van der Waals surface area (Å²) in [5, 5.41) is 14.6. The van der Waals surface area contributed by atoms with E-state index in [9.17, 15) is 9.90 Å². The topological polar surface area (TPSA) is 63.3 Å². The molecule has 0 saturated carbocycles. The number of nitrogens with zero attached hydrogens (tertiary/aromatic N) is 1. The van der Waals surface area contributed by atoms with Crippen LogP contribution in [0.2, 0.25) is 0 Å². The van der Waals surface area contributed by atoms with Gasteiger partial charge in [0.25, 0.3) is 0 Å². The number of furan rings is 1. The molecule has 5 aromatic rings. The summed E-state index contributed by atoms with van der Waals surface area (Å²) in [6, 6.07) is 17.1. The van der Waals surface area contributed by atoms with Crippen LogP contribution in [0.5, 0.6) is 0 Å². The summed E-state index contributed by atoms with van der Waals surface area (Å²) in [5.41, 5.74) is 10.0. The molecule has 2 aromatic heterocycles. The third-order valence-corrected chi connectivity index (χ3v) is 10.2. The zero-order valence-corrected chi connectivity index (χ0v) is 32.1. The van der Waals surface area contributed by atoms with Gasteiger partial charge in [0.05, 0.1) is 5.76 Å². The minimum Gasteiger partial charge on any atom is -0.512 e. The number of pyridine rings is 1. The molecule has 1 N–H and O–H groups in total. The third-order valence-electron chi connectivity index (χ3n) is 10.2. The van der Waals surface area contributed by atoms with Crippen molar-refractivity contribution in [3.05, 3.63) is 88.3 Å². The van der Waals surface area contributed by atoms with Gasteiger partial charge in [-0.2, -0.15) is 0 Å². The Morgan fingerprint density at radius 2 is 1.62 bits per heavy atom. The molecule has 251 valence electrons. The van der Waals surface area contributed by atoms with E-state index in [0.29, 0.717) is 5.92 Å². The van der Waals surface area contributed by atoms with Crippen LogP contribution < -0.4 is 0 Å². The Morgan fingerprint density at radius 3 is 2.23 bits per heavy atom. The van der Waals surface area contributed by atoms with Crippen molar-refractivity contribution >= 4 is 38.5 Å². The summed E-state index contributed by atoms with van der Waals surface area (Å²) in [4.78, 5) is 16.7. The molecule has 1 aliphatic carbocycles. The van der Waals surface area contributed by atoms with Crippen LogP contribution in [0.3, 0.4) is 0 Å². The number of carbonyl (C=O) groups is 1. The zero-order chi connectivity index (χ0) is 33.5. The number of fused-ring (bicyclic) bond motifs is 4. The summed E-state index contributed by atoms with van der Waals surface area (Å²) < 4.78 is 6.59. The number of aryl methyl sites for hydroxylation is 2. The van der Waals surface area contributed by atoms with E-state index in [-0.39, 0.29) is 48.9 Å². The molecule has 4 nitrogen and oxygen atoms in total. The number of benzene rings is 3. The number of ketones is 1. The second-order valence-electron chi connectivity index (χ2n) is 13.9. The van der Waals surface area contributed by atoms with Gasteiger partial charge < -0.3 is 14.5 Å². The Morgan fingerprint density at radius 1 is 0.957 bits per heavy atom. The number of carbonyl (C=O) groups excluding carboxylic acids is 1. The SMILES string of the molecule is CCC(CC)C(=O)/C=C(\O)C(CC)CC.Cc1ccc2c3c([c-]cc2c1)-c1ncc(C)c2oc4c(C(C)C)ccc(c4c12)C3(C)C.[Ir]. The average molecular weight is 809 g/mol. The number of allylic oxidation sites excluding steroid dienone is 2. The first kappa shape index (κ1) is 36.6. The largest absolute Gasteiger partial charge is 0.512 e. The Kier molecular flexibility index (Phi) is 11.3. The molecule has 6 rings (SSSR count). The van der Waals surface area contributed by atoms with Gasteiger partial charge in [0.2, 0.25) is 0 Å². The molecule has 0 bridgehead atoms. The van der Waals surface area contributed by atoms with Crippen LogP contribution in [0.1, 0.15) is 115 Å². The van der Waals surface area contributed by atoms with Crippen molar-refractivity contribution in [1.82, 2.24) is 4.98 Å².